The number of nitrogens with zero attached hydrogens (tertiary/aromatic N) is 1. The molecule has 0 spiro atoms. The Balaban J connectivity index is 1.64. The van der Waals surface area contributed by atoms with Crippen LogP contribution in [0.5, 0.6) is 17.2 Å². The highest BCUT2D eigenvalue weighted by Gasteiger charge is 2.32. The molecule has 2 N–H and O–H groups in total. The minimum absolute atomic E-state index is 0.0466. The van der Waals surface area contributed by atoms with Gasteiger partial charge >= 0.3 is 5.97 Å². The molecule has 1 aliphatic heterocycles. The Hall–Kier alpha value is -3.37. The van der Waals surface area contributed by atoms with E-state index in [9.17, 15) is 10.1 Å². The van der Waals surface area contributed by atoms with E-state index in [1.54, 1.807) is 24.3 Å². The quantitative estimate of drug-likeness (QED) is 0.276. The van der Waals surface area contributed by atoms with Gasteiger partial charge in [0.05, 0.1) is 28.1 Å². The number of nitriles is 1. The number of hydrogen-bond donors (Lipinski definition) is 1. The van der Waals surface area contributed by atoms with Crippen LogP contribution < -0.4 is 19.9 Å². The van der Waals surface area contributed by atoms with E-state index in [0.717, 1.165) is 6.42 Å². The molecular weight excluding hydrogens is 511 g/mol. The molecule has 1 atom stereocenters. The van der Waals surface area contributed by atoms with Gasteiger partial charge in [-0.25, -0.2) is 4.79 Å². The number of halogens is 3. The summed E-state index contributed by atoms with van der Waals surface area (Å²) in [6.07, 6.45) is 0.781. The highest BCUT2D eigenvalue weighted by atomic mass is 35.5. The van der Waals surface area contributed by atoms with E-state index in [0.29, 0.717) is 34.3 Å². The fourth-order valence-corrected chi connectivity index (χ4v) is 4.55. The van der Waals surface area contributed by atoms with Gasteiger partial charge in [0, 0.05) is 16.7 Å². The lowest BCUT2D eigenvalue weighted by atomic mass is 9.83. The molecule has 0 aliphatic carbocycles. The van der Waals surface area contributed by atoms with Gasteiger partial charge in [-0.3, -0.25) is 0 Å². The van der Waals surface area contributed by atoms with Crippen molar-refractivity contribution in [3.63, 3.8) is 0 Å². The second-order valence-electron chi connectivity index (χ2n) is 7.65. The first-order valence-electron chi connectivity index (χ1n) is 10.6. The molecule has 1 heterocycles. The molecule has 0 amide bonds. The van der Waals surface area contributed by atoms with Gasteiger partial charge in [-0.1, -0.05) is 66.0 Å². The van der Waals surface area contributed by atoms with Gasteiger partial charge in [-0.05, 0) is 36.2 Å². The molecule has 1 aliphatic rings. The minimum atomic E-state index is -0.671. The molecule has 6 nitrogen and oxygen atoms in total. The second kappa shape index (κ2) is 10.5. The molecule has 0 bridgehead atoms. The fraction of sp³-hybridized carbons (Fsp3) is 0.154. The van der Waals surface area contributed by atoms with Gasteiger partial charge in [0.15, 0.2) is 5.75 Å². The number of carbonyl (C=O) groups is 1. The summed E-state index contributed by atoms with van der Waals surface area (Å²) in [4.78, 5) is 12.8. The number of allylic oxidation sites excluding steroid dienone is 1. The molecule has 1 unspecified atom stereocenters. The molecule has 4 rings (SSSR count). The van der Waals surface area contributed by atoms with Crippen LogP contribution in [-0.2, 0) is 0 Å². The third kappa shape index (κ3) is 5.03. The van der Waals surface area contributed by atoms with E-state index >= 15 is 0 Å². The smallest absolute Gasteiger partial charge is 0.343 e. The number of esters is 1. The van der Waals surface area contributed by atoms with Crippen molar-refractivity contribution in [2.75, 3.05) is 6.61 Å². The standard InChI is InChI=1S/C26H19Cl3N2O4/c1-2-9-33-24-20(28)10-14(11-21(24)29)26(32)34-15-7-8-17-22(12-15)35-25(31)18(13-30)23(17)16-5-3-4-6-19(16)27/h3-8,10-12,23H,2,9,31H2,1H3. The molecule has 35 heavy (non-hydrogen) atoms. The van der Waals surface area contributed by atoms with Gasteiger partial charge in [0.2, 0.25) is 5.88 Å². The van der Waals surface area contributed by atoms with Crippen molar-refractivity contribution < 1.29 is 19.0 Å². The Kier molecular flexibility index (Phi) is 7.42. The van der Waals surface area contributed by atoms with Crippen LogP contribution in [0.2, 0.25) is 15.1 Å². The van der Waals surface area contributed by atoms with E-state index in [1.165, 1.54) is 18.2 Å². The molecule has 9 heteroatoms. The fourth-order valence-electron chi connectivity index (χ4n) is 3.71. The van der Waals surface area contributed by atoms with Crippen LogP contribution in [0.4, 0.5) is 0 Å². The summed E-state index contributed by atoms with van der Waals surface area (Å²) in [5.41, 5.74) is 7.81. The van der Waals surface area contributed by atoms with Crippen LogP contribution in [-0.4, -0.2) is 12.6 Å². The van der Waals surface area contributed by atoms with Crippen molar-refractivity contribution in [2.24, 2.45) is 5.73 Å². The van der Waals surface area contributed by atoms with Gasteiger partial charge in [0.25, 0.3) is 0 Å². The van der Waals surface area contributed by atoms with Gasteiger partial charge in [-0.2, -0.15) is 5.26 Å². The summed E-state index contributed by atoms with van der Waals surface area (Å²) in [7, 11) is 0. The third-order valence-electron chi connectivity index (χ3n) is 5.30. The van der Waals surface area contributed by atoms with Crippen LogP contribution in [0.15, 0.2) is 66.1 Å². The number of benzene rings is 3. The average molecular weight is 530 g/mol. The molecule has 178 valence electrons. The lowest BCUT2D eigenvalue weighted by molar-refractivity contribution is 0.0734. The Morgan fingerprint density at radius 2 is 1.77 bits per heavy atom. The van der Waals surface area contributed by atoms with Crippen LogP contribution in [0.3, 0.4) is 0 Å². The van der Waals surface area contributed by atoms with Gasteiger partial charge < -0.3 is 19.9 Å². The number of nitrogens with two attached hydrogens (primary N) is 1. The highest BCUT2D eigenvalue weighted by Crippen LogP contribution is 2.45. The first-order chi connectivity index (χ1) is 16.8. The van der Waals surface area contributed by atoms with Gasteiger partial charge in [-0.15, -0.1) is 0 Å². The number of hydrogen-bond acceptors (Lipinski definition) is 6. The first kappa shape index (κ1) is 24.7. The van der Waals surface area contributed by atoms with Crippen molar-refractivity contribution in [3.05, 3.63) is 97.8 Å². The highest BCUT2D eigenvalue weighted by molar-refractivity contribution is 6.37. The van der Waals surface area contributed by atoms with E-state index in [4.69, 9.17) is 54.7 Å². The number of ether oxygens (including phenoxy) is 3. The van der Waals surface area contributed by atoms with Crippen molar-refractivity contribution >= 4 is 40.8 Å². The Morgan fingerprint density at radius 3 is 2.43 bits per heavy atom. The second-order valence-corrected chi connectivity index (χ2v) is 8.87. The molecule has 0 fully saturated rings. The SMILES string of the molecule is CCCOc1c(Cl)cc(C(=O)Oc2ccc3c(c2)OC(N)=C(C#N)C3c2ccccc2Cl)cc1Cl. The van der Waals surface area contributed by atoms with Crippen molar-refractivity contribution in [1.29, 1.82) is 5.26 Å². The summed E-state index contributed by atoms with van der Waals surface area (Å²) in [6.45, 7) is 2.40. The zero-order chi connectivity index (χ0) is 25.1. The Bertz CT molecular complexity index is 1360. The predicted octanol–water partition coefficient (Wildman–Crippen LogP) is 6.87. The Labute approximate surface area is 217 Å². The third-order valence-corrected chi connectivity index (χ3v) is 6.21. The Morgan fingerprint density at radius 1 is 1.06 bits per heavy atom. The molecule has 3 aromatic rings. The van der Waals surface area contributed by atoms with E-state index in [1.807, 2.05) is 19.1 Å². The topological polar surface area (TPSA) is 94.6 Å². The molecular formula is C26H19Cl3N2O4. The normalized spacial score (nSPS) is 14.5. The van der Waals surface area contributed by atoms with E-state index in [2.05, 4.69) is 6.07 Å². The van der Waals surface area contributed by atoms with Crippen molar-refractivity contribution in [3.8, 4) is 23.3 Å². The van der Waals surface area contributed by atoms with Crippen LogP contribution in [0.1, 0.15) is 40.7 Å². The monoisotopic (exact) mass is 528 g/mol. The maximum absolute atomic E-state index is 12.8. The number of rotatable bonds is 6. The van der Waals surface area contributed by atoms with Crippen LogP contribution in [0, 0.1) is 11.3 Å². The molecule has 0 aromatic heterocycles. The lowest BCUT2D eigenvalue weighted by Crippen LogP contribution is -2.21. The summed E-state index contributed by atoms with van der Waals surface area (Å²) < 4.78 is 16.7. The largest absolute Gasteiger partial charge is 0.490 e. The summed E-state index contributed by atoms with van der Waals surface area (Å²) in [5.74, 6) is -0.384. The molecule has 0 radical (unpaired) electrons. The van der Waals surface area contributed by atoms with Crippen molar-refractivity contribution in [2.45, 2.75) is 19.3 Å². The summed E-state index contributed by atoms with van der Waals surface area (Å²) in [6, 6.07) is 17.0. The summed E-state index contributed by atoms with van der Waals surface area (Å²) >= 11 is 18.9. The van der Waals surface area contributed by atoms with E-state index in [-0.39, 0.29) is 32.8 Å². The zero-order valence-electron chi connectivity index (χ0n) is 18.5. The van der Waals surface area contributed by atoms with E-state index < -0.39 is 11.9 Å². The predicted molar refractivity (Wildman–Crippen MR) is 134 cm³/mol. The maximum Gasteiger partial charge on any atom is 0.343 e. The summed E-state index contributed by atoms with van der Waals surface area (Å²) in [5, 5.41) is 10.6. The zero-order valence-corrected chi connectivity index (χ0v) is 20.7. The number of fused-ring (bicyclic) bond motifs is 1. The van der Waals surface area contributed by atoms with Gasteiger partial charge in [0.1, 0.15) is 23.1 Å². The molecule has 0 saturated carbocycles. The van der Waals surface area contributed by atoms with Crippen LogP contribution >= 0.6 is 34.8 Å². The number of carbonyl (C=O) groups excluding carboxylic acids is 1. The average Bonchev–Trinajstić information content (AvgIpc) is 2.83. The minimum Gasteiger partial charge on any atom is -0.490 e. The lowest BCUT2D eigenvalue weighted by Gasteiger charge is -2.27. The van der Waals surface area contributed by atoms with Crippen LogP contribution in [0.25, 0.3) is 0 Å². The molecule has 0 saturated heterocycles. The maximum atomic E-state index is 12.8. The molecule has 3 aromatic carbocycles. The first-order valence-corrected chi connectivity index (χ1v) is 11.8. The van der Waals surface area contributed by atoms with Crippen molar-refractivity contribution in [1.82, 2.24) is 0 Å².